The summed E-state index contributed by atoms with van der Waals surface area (Å²) in [5.74, 6) is -3.43. The second kappa shape index (κ2) is 11.1. The molecule has 0 bridgehead atoms. The molecule has 1 saturated heterocycles. The van der Waals surface area contributed by atoms with E-state index in [1.165, 1.54) is 17.3 Å². The number of aliphatic hydroxyl groups is 1. The molecule has 2 N–H and O–H groups in total. The molecular weight excluding hydrogens is 535 g/mol. The zero-order valence-corrected chi connectivity index (χ0v) is 21.2. The summed E-state index contributed by atoms with van der Waals surface area (Å²) < 4.78 is 61.2. The van der Waals surface area contributed by atoms with Gasteiger partial charge in [-0.1, -0.05) is 12.1 Å². The number of benzene rings is 1. The van der Waals surface area contributed by atoms with Crippen molar-refractivity contribution in [3.63, 3.8) is 0 Å². The molecule has 12 nitrogen and oxygen atoms in total. The molecule has 16 heteroatoms. The third-order valence-corrected chi connectivity index (χ3v) is 7.78. The molecule has 2 aromatic rings. The van der Waals surface area contributed by atoms with Gasteiger partial charge in [0.1, 0.15) is 11.2 Å². The monoisotopic (exact) mass is 561 g/mol. The Labute approximate surface area is 215 Å². The van der Waals surface area contributed by atoms with Crippen molar-refractivity contribution in [2.45, 2.75) is 36.6 Å². The number of likely N-dealkylation sites (N-methyl/N-ethyl adjacent to an activating group) is 1. The number of carbonyl (C=O) groups excluding carboxylic acids is 2. The lowest BCUT2D eigenvalue weighted by Gasteiger charge is -2.29. The fourth-order valence-corrected chi connectivity index (χ4v) is 5.36. The number of hydrogen-bond donors (Lipinski definition) is 2. The SMILES string of the molecule is CN(C)C(=O)CN1Cc2c(C(=O)N3CCC(O)CC3)ncn2-c2ccccc2S1(=O)=O.O=C(O)C(F)(F)F. The van der Waals surface area contributed by atoms with E-state index in [0.29, 0.717) is 37.3 Å². The molecule has 0 unspecified atom stereocenters. The van der Waals surface area contributed by atoms with Crippen LogP contribution in [0, 0.1) is 0 Å². The molecule has 0 atom stereocenters. The molecule has 0 spiro atoms. The highest BCUT2D eigenvalue weighted by molar-refractivity contribution is 7.89. The molecule has 4 rings (SSSR count). The molecule has 0 saturated carbocycles. The van der Waals surface area contributed by atoms with Crippen LogP contribution < -0.4 is 0 Å². The average molecular weight is 562 g/mol. The maximum atomic E-state index is 13.4. The average Bonchev–Trinajstić information content (AvgIpc) is 3.23. The number of aromatic nitrogens is 2. The number of halogens is 3. The maximum Gasteiger partial charge on any atom is 0.490 e. The topological polar surface area (TPSA) is 153 Å². The molecule has 208 valence electrons. The van der Waals surface area contributed by atoms with E-state index in [4.69, 9.17) is 9.90 Å². The number of carbonyl (C=O) groups is 3. The Morgan fingerprint density at radius 1 is 1.13 bits per heavy atom. The first-order valence-corrected chi connectivity index (χ1v) is 12.7. The molecular formula is C22H26F3N5O7S. The van der Waals surface area contributed by atoms with Gasteiger partial charge in [-0.25, -0.2) is 18.2 Å². The minimum absolute atomic E-state index is 0.0535. The van der Waals surface area contributed by atoms with Crippen LogP contribution in [0.4, 0.5) is 13.2 Å². The number of nitrogens with zero attached hydrogens (tertiary/aromatic N) is 5. The summed E-state index contributed by atoms with van der Waals surface area (Å²) >= 11 is 0. The lowest BCUT2D eigenvalue weighted by Crippen LogP contribution is -2.41. The Balaban J connectivity index is 0.000000505. The van der Waals surface area contributed by atoms with Crippen LogP contribution in [0.25, 0.3) is 5.69 Å². The van der Waals surface area contributed by atoms with Gasteiger partial charge in [-0.2, -0.15) is 17.5 Å². The van der Waals surface area contributed by atoms with Crippen LogP contribution in [-0.2, 0) is 26.2 Å². The van der Waals surface area contributed by atoms with E-state index in [0.717, 1.165) is 4.31 Å². The third kappa shape index (κ3) is 6.14. The molecule has 1 fully saturated rings. The smallest absolute Gasteiger partial charge is 0.475 e. The first kappa shape index (κ1) is 29.1. The maximum absolute atomic E-state index is 13.4. The normalized spacial score (nSPS) is 17.4. The number of carboxylic acids is 1. The Bertz CT molecular complexity index is 1320. The van der Waals surface area contributed by atoms with Gasteiger partial charge in [0, 0.05) is 27.2 Å². The summed E-state index contributed by atoms with van der Waals surface area (Å²) in [6, 6.07) is 6.48. The number of hydrogen-bond acceptors (Lipinski definition) is 7. The van der Waals surface area contributed by atoms with Crippen molar-refractivity contribution in [3.8, 4) is 5.69 Å². The van der Waals surface area contributed by atoms with Crippen molar-refractivity contribution < 1.29 is 46.2 Å². The lowest BCUT2D eigenvalue weighted by atomic mass is 10.1. The van der Waals surface area contributed by atoms with E-state index in [9.17, 15) is 36.3 Å². The summed E-state index contributed by atoms with van der Waals surface area (Å²) in [6.07, 6.45) is -3.08. The largest absolute Gasteiger partial charge is 0.490 e. The summed E-state index contributed by atoms with van der Waals surface area (Å²) in [5, 5.41) is 16.9. The van der Waals surface area contributed by atoms with E-state index in [2.05, 4.69) is 4.98 Å². The molecule has 38 heavy (non-hydrogen) atoms. The number of alkyl halides is 3. The van der Waals surface area contributed by atoms with Crippen LogP contribution in [0.2, 0.25) is 0 Å². The van der Waals surface area contributed by atoms with Crippen molar-refractivity contribution in [3.05, 3.63) is 42.0 Å². The number of rotatable bonds is 3. The Morgan fingerprint density at radius 3 is 2.26 bits per heavy atom. The molecule has 1 aromatic carbocycles. The van der Waals surface area contributed by atoms with Crippen LogP contribution in [0.3, 0.4) is 0 Å². The zero-order chi connectivity index (χ0) is 28.4. The summed E-state index contributed by atoms with van der Waals surface area (Å²) in [5.41, 5.74) is 0.958. The first-order chi connectivity index (χ1) is 17.6. The number of amides is 2. The van der Waals surface area contributed by atoms with Crippen LogP contribution >= 0.6 is 0 Å². The molecule has 3 heterocycles. The molecule has 0 radical (unpaired) electrons. The van der Waals surface area contributed by atoms with Crippen molar-refractivity contribution in [1.29, 1.82) is 0 Å². The van der Waals surface area contributed by atoms with Crippen LogP contribution in [0.5, 0.6) is 0 Å². The second-order valence-electron chi connectivity index (χ2n) is 8.77. The number of aliphatic hydroxyl groups excluding tert-OH is 1. The van der Waals surface area contributed by atoms with Gasteiger partial charge in [0.05, 0.1) is 30.6 Å². The Kier molecular flexibility index (Phi) is 8.48. The number of likely N-dealkylation sites (tertiary alicyclic amines) is 1. The molecule has 2 aliphatic heterocycles. The lowest BCUT2D eigenvalue weighted by molar-refractivity contribution is -0.192. The van der Waals surface area contributed by atoms with Crippen LogP contribution in [-0.4, -0.2) is 106 Å². The zero-order valence-electron chi connectivity index (χ0n) is 20.4. The number of piperidine rings is 1. The van der Waals surface area contributed by atoms with Crippen LogP contribution in [0.1, 0.15) is 29.0 Å². The van der Waals surface area contributed by atoms with E-state index < -0.39 is 28.3 Å². The van der Waals surface area contributed by atoms with Crippen LogP contribution in [0.15, 0.2) is 35.5 Å². The second-order valence-corrected chi connectivity index (χ2v) is 10.7. The fourth-order valence-electron chi connectivity index (χ4n) is 3.83. The third-order valence-electron chi connectivity index (χ3n) is 5.94. The fraction of sp³-hybridized carbons (Fsp3) is 0.455. The van der Waals surface area contributed by atoms with Gasteiger partial charge >= 0.3 is 12.1 Å². The Morgan fingerprint density at radius 2 is 1.71 bits per heavy atom. The highest BCUT2D eigenvalue weighted by Gasteiger charge is 2.38. The van der Waals surface area contributed by atoms with Crippen molar-refractivity contribution >= 4 is 27.8 Å². The number of imidazole rings is 1. The van der Waals surface area contributed by atoms with Gasteiger partial charge in [0.2, 0.25) is 15.9 Å². The van der Waals surface area contributed by atoms with E-state index >= 15 is 0 Å². The van der Waals surface area contributed by atoms with Gasteiger partial charge in [0.25, 0.3) is 5.91 Å². The highest BCUT2D eigenvalue weighted by atomic mass is 32.2. The van der Waals surface area contributed by atoms with Gasteiger partial charge in [-0.05, 0) is 25.0 Å². The summed E-state index contributed by atoms with van der Waals surface area (Å²) in [7, 11) is -0.860. The summed E-state index contributed by atoms with van der Waals surface area (Å²) in [6.45, 7) is 0.306. The van der Waals surface area contributed by atoms with Gasteiger partial charge < -0.3 is 20.0 Å². The predicted molar refractivity (Wildman–Crippen MR) is 125 cm³/mol. The number of para-hydroxylation sites is 1. The molecule has 2 aliphatic rings. The first-order valence-electron chi connectivity index (χ1n) is 11.3. The molecule has 0 aliphatic carbocycles. The standard InChI is InChI=1S/C20H25N5O5S.C2HF3O2/c1-22(2)18(27)12-24-11-16-19(20(28)23-9-7-14(26)8-10-23)21-13-25(16)15-5-3-4-6-17(15)31(24,29)30;3-2(4,5)1(6)7/h3-6,13-14,26H,7-12H2,1-2H3;(H,6,7). The van der Waals surface area contributed by atoms with Gasteiger partial charge in [-0.15, -0.1) is 0 Å². The van der Waals surface area contributed by atoms with E-state index in [1.807, 2.05) is 0 Å². The van der Waals surface area contributed by atoms with Gasteiger partial charge in [-0.3, -0.25) is 14.2 Å². The number of fused-ring (bicyclic) bond motifs is 3. The molecule has 1 aromatic heterocycles. The van der Waals surface area contributed by atoms with Crippen molar-refractivity contribution in [1.82, 2.24) is 23.7 Å². The quantitative estimate of drug-likeness (QED) is 0.555. The van der Waals surface area contributed by atoms with E-state index in [1.54, 1.807) is 41.8 Å². The van der Waals surface area contributed by atoms with Gasteiger partial charge in [0.15, 0.2) is 5.69 Å². The minimum Gasteiger partial charge on any atom is -0.475 e. The van der Waals surface area contributed by atoms with E-state index in [-0.39, 0.29) is 35.5 Å². The molecule has 2 amide bonds. The van der Waals surface area contributed by atoms with Crippen molar-refractivity contribution in [2.24, 2.45) is 0 Å². The number of carboxylic acid groups (broad SMARTS) is 1. The minimum atomic E-state index is -5.08. The summed E-state index contributed by atoms with van der Waals surface area (Å²) in [4.78, 5) is 41.8. The Hall–Kier alpha value is -3.50. The number of sulfonamides is 1. The predicted octanol–water partition coefficient (Wildman–Crippen LogP) is 0.695. The highest BCUT2D eigenvalue weighted by Crippen LogP contribution is 2.31. The number of aliphatic carboxylic acids is 1. The van der Waals surface area contributed by atoms with Crippen molar-refractivity contribution in [2.75, 3.05) is 33.7 Å².